The van der Waals surface area contributed by atoms with Gasteiger partial charge in [-0.3, -0.25) is 9.59 Å². The molecule has 2 rings (SSSR count). The van der Waals surface area contributed by atoms with E-state index in [0.29, 0.717) is 10.6 Å². The number of ketones is 1. The van der Waals surface area contributed by atoms with E-state index < -0.39 is 47.9 Å². The fourth-order valence-electron chi connectivity index (χ4n) is 3.08. The number of carboxylic acids is 1. The molecule has 0 heterocycles. The predicted molar refractivity (Wildman–Crippen MR) is 129 cm³/mol. The maximum absolute atomic E-state index is 13.0. The Hall–Kier alpha value is -3.79. The third kappa shape index (κ3) is 8.82. The van der Waals surface area contributed by atoms with Crippen molar-refractivity contribution < 1.29 is 34.1 Å². The minimum Gasteiger partial charge on any atom is -0.508 e. The minimum absolute atomic E-state index is 0.00581. The molecule has 11 heteroatoms. The van der Waals surface area contributed by atoms with Crippen LogP contribution in [0.15, 0.2) is 42.5 Å². The van der Waals surface area contributed by atoms with Crippen molar-refractivity contribution >= 4 is 41.0 Å². The van der Waals surface area contributed by atoms with Gasteiger partial charge in [0, 0.05) is 29.1 Å². The Morgan fingerprint density at radius 2 is 1.66 bits per heavy atom. The maximum atomic E-state index is 13.0. The number of carbonyl (C=O) groups is 4. The van der Waals surface area contributed by atoms with Gasteiger partial charge in [-0.15, -0.1) is 0 Å². The van der Waals surface area contributed by atoms with Crippen LogP contribution in [0.4, 0.5) is 10.5 Å². The van der Waals surface area contributed by atoms with Crippen LogP contribution in [-0.2, 0) is 20.7 Å². The smallest absolute Gasteiger partial charge is 0.408 e. The van der Waals surface area contributed by atoms with Gasteiger partial charge in [0.05, 0.1) is 0 Å². The highest BCUT2D eigenvalue weighted by atomic mass is 35.5. The lowest BCUT2D eigenvalue weighted by Crippen LogP contribution is -2.53. The summed E-state index contributed by atoms with van der Waals surface area (Å²) in [6, 6.07) is 7.22. The van der Waals surface area contributed by atoms with E-state index in [1.54, 1.807) is 20.8 Å². The number of alkyl carbamates (subject to hydrolysis) is 1. The quantitative estimate of drug-likeness (QED) is 0.256. The molecule has 188 valence electrons. The van der Waals surface area contributed by atoms with E-state index >= 15 is 0 Å². The van der Waals surface area contributed by atoms with Crippen molar-refractivity contribution in [3.8, 4) is 5.75 Å². The number of benzene rings is 2. The molecule has 35 heavy (non-hydrogen) atoms. The first-order chi connectivity index (χ1) is 16.2. The molecule has 0 spiro atoms. The standard InChI is InChI=1S/C24H28ClN3O7/c1-24(2,3)35-23(34)28-18(12-20(30)16-9-6-14(25)11-17(16)26)21(31)27-19(22(32)33)10-13-4-7-15(29)8-5-13/h4-9,11,18-19,29H,10,12,26H2,1-3H3,(H,27,31)(H,28,34)(H,32,33)/t18?,19-/m0/s1. The molecule has 0 aliphatic rings. The number of hydrogen-bond donors (Lipinski definition) is 5. The number of Topliss-reactive ketones (excluding diaryl/α,β-unsaturated/α-hetero) is 1. The van der Waals surface area contributed by atoms with Crippen LogP contribution in [0.1, 0.15) is 43.1 Å². The molecular formula is C24H28ClN3O7. The molecular weight excluding hydrogens is 478 g/mol. The van der Waals surface area contributed by atoms with Gasteiger partial charge in [0.15, 0.2) is 5.78 Å². The van der Waals surface area contributed by atoms with E-state index in [-0.39, 0.29) is 23.4 Å². The maximum Gasteiger partial charge on any atom is 0.408 e. The number of anilines is 1. The summed E-state index contributed by atoms with van der Waals surface area (Å²) in [5.74, 6) is -2.79. The number of halogens is 1. The number of nitrogen functional groups attached to an aromatic ring is 1. The summed E-state index contributed by atoms with van der Waals surface area (Å²) in [5.41, 5.74) is 5.71. The summed E-state index contributed by atoms with van der Waals surface area (Å²) >= 11 is 5.87. The third-order valence-electron chi connectivity index (χ3n) is 4.70. The monoisotopic (exact) mass is 505 g/mol. The van der Waals surface area contributed by atoms with E-state index in [4.69, 9.17) is 22.1 Å². The first-order valence-electron chi connectivity index (χ1n) is 10.6. The Morgan fingerprint density at radius 1 is 1.03 bits per heavy atom. The minimum atomic E-state index is -1.45. The fraction of sp³-hybridized carbons (Fsp3) is 0.333. The number of nitrogens with one attached hydrogen (secondary N) is 2. The average Bonchev–Trinajstić information content (AvgIpc) is 2.72. The number of carbonyl (C=O) groups excluding carboxylic acids is 3. The molecule has 0 saturated carbocycles. The van der Waals surface area contributed by atoms with E-state index in [9.17, 15) is 29.4 Å². The van der Waals surface area contributed by atoms with Gasteiger partial charge in [-0.1, -0.05) is 23.7 Å². The number of rotatable bonds is 9. The lowest BCUT2D eigenvalue weighted by atomic mass is 10.0. The molecule has 0 saturated heterocycles. The molecule has 6 N–H and O–H groups in total. The number of hydrogen-bond acceptors (Lipinski definition) is 7. The van der Waals surface area contributed by atoms with E-state index in [2.05, 4.69) is 10.6 Å². The highest BCUT2D eigenvalue weighted by molar-refractivity contribution is 6.31. The second kappa shape index (κ2) is 11.6. The zero-order valence-electron chi connectivity index (χ0n) is 19.5. The number of ether oxygens (including phenoxy) is 1. The lowest BCUT2D eigenvalue weighted by molar-refractivity contribution is -0.142. The van der Waals surface area contributed by atoms with Gasteiger partial charge in [-0.25, -0.2) is 9.59 Å². The van der Waals surface area contributed by atoms with Crippen molar-refractivity contribution in [1.82, 2.24) is 10.6 Å². The van der Waals surface area contributed by atoms with Gasteiger partial charge in [0.25, 0.3) is 0 Å². The molecule has 2 aromatic rings. The van der Waals surface area contributed by atoms with Crippen LogP contribution in [-0.4, -0.2) is 51.7 Å². The first-order valence-corrected chi connectivity index (χ1v) is 11.0. The fourth-order valence-corrected chi connectivity index (χ4v) is 3.26. The van der Waals surface area contributed by atoms with Crippen LogP contribution >= 0.6 is 11.6 Å². The lowest BCUT2D eigenvalue weighted by Gasteiger charge is -2.24. The van der Waals surface area contributed by atoms with Gasteiger partial charge in [0.1, 0.15) is 23.4 Å². The second-order valence-electron chi connectivity index (χ2n) is 8.83. The molecule has 10 nitrogen and oxygen atoms in total. The van der Waals surface area contributed by atoms with Crippen LogP contribution in [0.3, 0.4) is 0 Å². The zero-order chi connectivity index (χ0) is 26.3. The first kappa shape index (κ1) is 27.5. The molecule has 0 aliphatic heterocycles. The Balaban J connectivity index is 2.24. The Labute approximate surface area is 207 Å². The topological polar surface area (TPSA) is 168 Å². The van der Waals surface area contributed by atoms with Gasteiger partial charge < -0.3 is 31.3 Å². The van der Waals surface area contributed by atoms with E-state index in [0.717, 1.165) is 0 Å². The van der Waals surface area contributed by atoms with Gasteiger partial charge in [-0.2, -0.15) is 0 Å². The van der Waals surface area contributed by atoms with Crippen LogP contribution < -0.4 is 16.4 Å². The summed E-state index contributed by atoms with van der Waals surface area (Å²) in [7, 11) is 0. The average molecular weight is 506 g/mol. The molecule has 2 aromatic carbocycles. The Bertz CT molecular complexity index is 1100. The molecule has 0 radical (unpaired) electrons. The molecule has 0 bridgehead atoms. The van der Waals surface area contributed by atoms with E-state index in [1.807, 2.05) is 0 Å². The summed E-state index contributed by atoms with van der Waals surface area (Å²) in [6.07, 6.45) is -1.57. The normalized spacial score (nSPS) is 12.8. The molecule has 0 aromatic heterocycles. The highest BCUT2D eigenvalue weighted by Crippen LogP contribution is 2.20. The number of nitrogens with two attached hydrogens (primary N) is 1. The van der Waals surface area contributed by atoms with Crippen molar-refractivity contribution in [3.05, 3.63) is 58.6 Å². The molecule has 0 fully saturated rings. The summed E-state index contributed by atoms with van der Waals surface area (Å²) < 4.78 is 5.18. The SMILES string of the molecule is CC(C)(C)OC(=O)NC(CC(=O)c1ccc(Cl)cc1N)C(=O)N[C@@H](Cc1ccc(O)cc1)C(=O)O. The molecule has 1 unspecified atom stereocenters. The highest BCUT2D eigenvalue weighted by Gasteiger charge is 2.30. The van der Waals surface area contributed by atoms with Crippen molar-refractivity contribution in [2.75, 3.05) is 5.73 Å². The molecule has 2 amide bonds. The summed E-state index contributed by atoms with van der Waals surface area (Å²) in [5, 5.41) is 24.0. The number of aliphatic carboxylic acids is 1. The molecule has 0 aliphatic carbocycles. The largest absolute Gasteiger partial charge is 0.508 e. The Kier molecular flexibility index (Phi) is 9.07. The van der Waals surface area contributed by atoms with Crippen molar-refractivity contribution in [3.63, 3.8) is 0 Å². The number of aromatic hydroxyl groups is 1. The number of carboxylic acid groups (broad SMARTS) is 1. The Morgan fingerprint density at radius 3 is 2.20 bits per heavy atom. The number of phenols is 1. The van der Waals surface area contributed by atoms with Gasteiger partial charge >= 0.3 is 12.1 Å². The van der Waals surface area contributed by atoms with Crippen molar-refractivity contribution in [2.24, 2.45) is 0 Å². The van der Waals surface area contributed by atoms with Crippen LogP contribution in [0, 0.1) is 0 Å². The van der Waals surface area contributed by atoms with Gasteiger partial charge in [0.2, 0.25) is 5.91 Å². The number of amides is 2. The zero-order valence-corrected chi connectivity index (χ0v) is 20.3. The van der Waals surface area contributed by atoms with Crippen molar-refractivity contribution in [1.29, 1.82) is 0 Å². The third-order valence-corrected chi connectivity index (χ3v) is 4.94. The second-order valence-corrected chi connectivity index (χ2v) is 9.26. The summed E-state index contributed by atoms with van der Waals surface area (Å²) in [6.45, 7) is 4.87. The van der Waals surface area contributed by atoms with Gasteiger partial charge in [-0.05, 0) is 56.7 Å². The predicted octanol–water partition coefficient (Wildman–Crippen LogP) is 2.91. The van der Waals surface area contributed by atoms with Crippen LogP contribution in [0.25, 0.3) is 0 Å². The van der Waals surface area contributed by atoms with Crippen LogP contribution in [0.2, 0.25) is 5.02 Å². The van der Waals surface area contributed by atoms with E-state index in [1.165, 1.54) is 42.5 Å². The van der Waals surface area contributed by atoms with Crippen LogP contribution in [0.5, 0.6) is 5.75 Å². The summed E-state index contributed by atoms with van der Waals surface area (Å²) in [4.78, 5) is 50.0. The van der Waals surface area contributed by atoms with Crippen molar-refractivity contribution in [2.45, 2.75) is 51.3 Å². The molecule has 2 atom stereocenters. The number of phenolic OH excluding ortho intramolecular Hbond substituents is 1.